The highest BCUT2D eigenvalue weighted by atomic mass is 32.2. The molecule has 2 aromatic carbocycles. The summed E-state index contributed by atoms with van der Waals surface area (Å²) in [4.78, 5) is 2.18. The lowest BCUT2D eigenvalue weighted by Gasteiger charge is -2.26. The van der Waals surface area contributed by atoms with E-state index in [1.165, 1.54) is 33.0 Å². The Morgan fingerprint density at radius 2 is 1.68 bits per heavy atom. The Hall–Kier alpha value is -4.25. The topological polar surface area (TPSA) is 48.2 Å². The minimum atomic E-state index is 0.333. The second-order valence-electron chi connectivity index (χ2n) is 9.61. The molecule has 2 N–H and O–H groups in total. The Labute approximate surface area is 243 Å². The molecule has 0 radical (unpaired) electrons. The van der Waals surface area contributed by atoms with Gasteiger partial charge in [-0.3, -0.25) is 5.43 Å². The van der Waals surface area contributed by atoms with Crippen molar-refractivity contribution in [1.29, 1.82) is 5.53 Å². The maximum atomic E-state index is 6.85. The predicted octanol–water partition coefficient (Wildman–Crippen LogP) is 9.26. The van der Waals surface area contributed by atoms with Crippen LogP contribution in [0.5, 0.6) is 0 Å². The zero-order valence-electron chi connectivity index (χ0n) is 23.3. The Morgan fingerprint density at radius 3 is 2.33 bits per heavy atom. The van der Waals surface area contributed by atoms with Crippen molar-refractivity contribution in [3.63, 3.8) is 0 Å². The highest BCUT2D eigenvalue weighted by molar-refractivity contribution is 8.07. The van der Waals surface area contributed by atoms with Crippen LogP contribution in [0.1, 0.15) is 44.2 Å². The zero-order valence-corrected chi connectivity index (χ0v) is 24.1. The highest BCUT2D eigenvalue weighted by Crippen LogP contribution is 2.51. The van der Waals surface area contributed by atoms with Gasteiger partial charge in [-0.25, -0.2) is 0 Å². The van der Waals surface area contributed by atoms with Crippen molar-refractivity contribution in [3.8, 4) is 23.7 Å². The van der Waals surface area contributed by atoms with E-state index < -0.39 is 0 Å². The second kappa shape index (κ2) is 14.2. The first kappa shape index (κ1) is 28.8. The third kappa shape index (κ3) is 6.31. The normalized spacial score (nSPS) is 18.4. The molecule has 0 fully saturated rings. The van der Waals surface area contributed by atoms with Crippen LogP contribution in [-0.2, 0) is 6.42 Å². The zero-order chi connectivity index (χ0) is 28.3. The minimum absolute atomic E-state index is 0.333. The summed E-state index contributed by atoms with van der Waals surface area (Å²) >= 11 is 1.69. The first-order chi connectivity index (χ1) is 19.6. The van der Waals surface area contributed by atoms with Crippen LogP contribution in [0, 0.1) is 35.1 Å². The maximum absolute atomic E-state index is 6.85. The predicted molar refractivity (Wildman–Crippen MR) is 172 cm³/mol. The average Bonchev–Trinajstić information content (AvgIpc) is 3.32. The van der Waals surface area contributed by atoms with Gasteiger partial charge in [0.1, 0.15) is 0 Å². The van der Waals surface area contributed by atoms with E-state index in [0.29, 0.717) is 18.9 Å². The number of hydrogen-bond acceptors (Lipinski definition) is 3. The van der Waals surface area contributed by atoms with E-state index in [1.54, 1.807) is 11.8 Å². The number of unbranched alkanes of at least 4 members (excludes halogenated alkanes) is 1. The third-order valence-corrected chi connectivity index (χ3v) is 8.13. The van der Waals surface area contributed by atoms with Gasteiger partial charge in [-0.15, -0.1) is 0 Å². The number of nitrogens with one attached hydrogen (secondary N) is 2. The number of benzene rings is 2. The summed E-state index contributed by atoms with van der Waals surface area (Å²) in [6.07, 6.45) is 15.6. The molecule has 1 aliphatic heterocycles. The van der Waals surface area contributed by atoms with Gasteiger partial charge in [0.25, 0.3) is 0 Å². The lowest BCUT2D eigenvalue weighted by Crippen LogP contribution is -2.07. The number of rotatable bonds is 8. The molecule has 2 aromatic rings. The number of nitrogens with zero attached hydrogens (tertiary/aromatic N) is 1. The Balaban J connectivity index is 1.97. The molecule has 1 atom stereocenters. The van der Waals surface area contributed by atoms with Crippen LogP contribution in [0.15, 0.2) is 118 Å². The van der Waals surface area contributed by atoms with Crippen LogP contribution in [0.25, 0.3) is 16.3 Å². The van der Waals surface area contributed by atoms with E-state index in [-0.39, 0.29) is 0 Å². The van der Waals surface area contributed by atoms with E-state index in [0.717, 1.165) is 40.2 Å². The van der Waals surface area contributed by atoms with E-state index >= 15 is 0 Å². The minimum Gasteiger partial charge on any atom is -0.291 e. The molecule has 0 unspecified atom stereocenters. The third-order valence-electron chi connectivity index (χ3n) is 6.92. The lowest BCUT2D eigenvalue weighted by atomic mass is 9.84. The van der Waals surface area contributed by atoms with Crippen molar-refractivity contribution in [1.82, 2.24) is 5.43 Å². The van der Waals surface area contributed by atoms with Gasteiger partial charge < -0.3 is 0 Å². The van der Waals surface area contributed by atoms with E-state index in [1.807, 2.05) is 24.3 Å². The fourth-order valence-electron chi connectivity index (χ4n) is 5.21. The monoisotopic (exact) mass is 541 g/mol. The maximum Gasteiger partial charge on any atom is 0.0456 e. The molecular weight excluding hydrogens is 506 g/mol. The Bertz CT molecular complexity index is 1610. The van der Waals surface area contributed by atoms with Crippen LogP contribution in [0.4, 0.5) is 0 Å². The molecule has 2 aliphatic rings. The van der Waals surface area contributed by atoms with Crippen molar-refractivity contribution in [3.05, 3.63) is 124 Å². The summed E-state index contributed by atoms with van der Waals surface area (Å²) < 4.78 is 0. The molecule has 3 nitrogen and oxygen atoms in total. The number of fused-ring (bicyclic) bond motifs is 3. The summed E-state index contributed by atoms with van der Waals surface area (Å²) in [6, 6.07) is 13.2. The van der Waals surface area contributed by atoms with Crippen LogP contribution in [-0.4, -0.2) is 6.54 Å². The van der Waals surface area contributed by atoms with Gasteiger partial charge in [0.05, 0.1) is 0 Å². The molecule has 0 saturated carbocycles. The fourth-order valence-corrected chi connectivity index (χ4v) is 6.17. The van der Waals surface area contributed by atoms with E-state index in [4.69, 9.17) is 5.53 Å². The van der Waals surface area contributed by atoms with Crippen LogP contribution in [0.3, 0.4) is 0 Å². The molecular formula is C36H35N3S. The van der Waals surface area contributed by atoms with Crippen molar-refractivity contribution in [2.24, 2.45) is 11.1 Å². The van der Waals surface area contributed by atoms with Crippen molar-refractivity contribution in [2.45, 2.75) is 39.5 Å². The Kier molecular flexibility index (Phi) is 10.2. The van der Waals surface area contributed by atoms with Crippen LogP contribution >= 0.6 is 11.8 Å². The average molecular weight is 542 g/mol. The number of hydrogen-bond donors (Lipinski definition) is 2. The van der Waals surface area contributed by atoms with Crippen molar-refractivity contribution in [2.75, 3.05) is 6.54 Å². The van der Waals surface area contributed by atoms with Crippen LogP contribution < -0.4 is 5.43 Å². The van der Waals surface area contributed by atoms with Gasteiger partial charge in [-0.2, -0.15) is 5.53 Å². The van der Waals surface area contributed by atoms with Gasteiger partial charge in [0.15, 0.2) is 0 Å². The molecule has 1 heterocycles. The summed E-state index contributed by atoms with van der Waals surface area (Å²) in [7, 11) is 0. The standard InChI is InChI=1S/C36H35N3S/c1-5-8-9-10-13-20-30-32(6-2)40-33(7-3)31(21-14-11-12-17-24-38-39-37)36(30)34-26(4)25-28-23-22-27-18-15-16-19-29(27)35(28)34/h6-7,13-16,18-23,26H,2-3,5,8,17,24-25H2,1,4H3,(H2,37,38)/b20-13+,21-14+,36-34-/t26-/m1/s1. The summed E-state index contributed by atoms with van der Waals surface area (Å²) in [5.41, 5.74) is 17.0. The summed E-state index contributed by atoms with van der Waals surface area (Å²) in [5, 5.41) is 5.70. The molecule has 0 spiro atoms. The quantitative estimate of drug-likeness (QED) is 0.151. The molecule has 0 aromatic heterocycles. The fraction of sp³-hybridized carbons (Fsp3) is 0.222. The molecule has 0 bridgehead atoms. The first-order valence-electron chi connectivity index (χ1n) is 13.7. The smallest absolute Gasteiger partial charge is 0.0456 e. The second-order valence-corrected chi connectivity index (χ2v) is 10.7. The molecule has 4 rings (SSSR count). The summed E-state index contributed by atoms with van der Waals surface area (Å²) in [6.45, 7) is 13.4. The number of allylic oxidation sites excluding steroid dienone is 10. The van der Waals surface area contributed by atoms with Gasteiger partial charge in [-0.1, -0.05) is 116 Å². The Morgan fingerprint density at radius 1 is 1.00 bits per heavy atom. The van der Waals surface area contributed by atoms with Gasteiger partial charge >= 0.3 is 0 Å². The van der Waals surface area contributed by atoms with E-state index in [2.05, 4.69) is 110 Å². The first-order valence-corrected chi connectivity index (χ1v) is 14.5. The molecule has 0 amide bonds. The molecule has 0 saturated heterocycles. The SMILES string of the molecule is C=CC1=C(/C=C/C#CCCC)/C(=C2/c3c(ccc4ccccc34)C[C@H]2C)C(/C=C/C#CCCNN=N)=C(C=C)S1. The molecule has 1 aliphatic carbocycles. The number of thioether (sulfide) groups is 1. The van der Waals surface area contributed by atoms with Crippen molar-refractivity contribution < 1.29 is 0 Å². The highest BCUT2D eigenvalue weighted by Gasteiger charge is 2.32. The molecule has 40 heavy (non-hydrogen) atoms. The van der Waals surface area contributed by atoms with Gasteiger partial charge in [0, 0.05) is 29.2 Å². The van der Waals surface area contributed by atoms with E-state index in [9.17, 15) is 0 Å². The van der Waals surface area contributed by atoms with Gasteiger partial charge in [0.2, 0.25) is 0 Å². The molecule has 200 valence electrons. The molecule has 4 heteroatoms. The van der Waals surface area contributed by atoms with Crippen molar-refractivity contribution >= 4 is 28.1 Å². The lowest BCUT2D eigenvalue weighted by molar-refractivity contribution is 0.682. The van der Waals surface area contributed by atoms with Gasteiger partial charge in [-0.05, 0) is 87.3 Å². The largest absolute Gasteiger partial charge is 0.291 e. The summed E-state index contributed by atoms with van der Waals surface area (Å²) in [5.74, 6) is 13.1. The van der Waals surface area contributed by atoms with Crippen LogP contribution in [0.2, 0.25) is 0 Å².